The molecule has 6 nitrogen and oxygen atoms in total. The number of urea groups is 1. The van der Waals surface area contributed by atoms with Gasteiger partial charge in [-0.05, 0) is 31.0 Å². The van der Waals surface area contributed by atoms with Gasteiger partial charge in [-0.1, -0.05) is 12.1 Å². The van der Waals surface area contributed by atoms with Gasteiger partial charge in [-0.3, -0.25) is 9.69 Å². The van der Waals surface area contributed by atoms with Crippen molar-refractivity contribution in [3.8, 4) is 0 Å². The number of rotatable bonds is 6. The number of piperazine rings is 1. The van der Waals surface area contributed by atoms with Crippen LogP contribution in [0.4, 0.5) is 9.18 Å². The molecule has 24 heavy (non-hydrogen) atoms. The summed E-state index contributed by atoms with van der Waals surface area (Å²) in [4.78, 5) is 27.5. The van der Waals surface area contributed by atoms with Gasteiger partial charge < -0.3 is 15.5 Å². The molecule has 0 unspecified atom stereocenters. The summed E-state index contributed by atoms with van der Waals surface area (Å²) in [5.74, 6) is -0.233. The highest BCUT2D eigenvalue weighted by Crippen LogP contribution is 2.04. The predicted octanol–water partition coefficient (Wildman–Crippen LogP) is 0.832. The molecule has 1 heterocycles. The molecule has 0 spiro atoms. The number of benzene rings is 1. The zero-order valence-corrected chi connectivity index (χ0v) is 14.1. The number of nitrogens with one attached hydrogen (secondary N) is 2. The number of amides is 3. The van der Waals surface area contributed by atoms with Gasteiger partial charge in [-0.2, -0.15) is 0 Å². The van der Waals surface area contributed by atoms with Crippen molar-refractivity contribution in [3.63, 3.8) is 0 Å². The first-order chi connectivity index (χ1) is 11.6. The summed E-state index contributed by atoms with van der Waals surface area (Å²) in [6.07, 6.45) is 0.670. The van der Waals surface area contributed by atoms with Crippen LogP contribution in [0.1, 0.15) is 12.5 Å². The molecule has 0 aliphatic carbocycles. The van der Waals surface area contributed by atoms with Crippen LogP contribution in [-0.2, 0) is 11.2 Å². The van der Waals surface area contributed by atoms with Crippen molar-refractivity contribution in [2.45, 2.75) is 13.3 Å². The van der Waals surface area contributed by atoms with Gasteiger partial charge in [0.25, 0.3) is 0 Å². The first-order valence-corrected chi connectivity index (χ1v) is 8.34. The quantitative estimate of drug-likeness (QED) is 0.809. The van der Waals surface area contributed by atoms with Crippen molar-refractivity contribution in [2.24, 2.45) is 0 Å². The second-order valence-corrected chi connectivity index (χ2v) is 5.83. The average molecular weight is 336 g/mol. The molecule has 1 aromatic carbocycles. The Morgan fingerprint density at radius 2 is 1.75 bits per heavy atom. The molecule has 0 saturated carbocycles. The number of nitrogens with zero attached hydrogens (tertiary/aromatic N) is 2. The summed E-state index contributed by atoms with van der Waals surface area (Å²) < 4.78 is 12.8. The van der Waals surface area contributed by atoms with Crippen LogP contribution in [0.25, 0.3) is 0 Å². The number of halogens is 1. The molecule has 0 aromatic heterocycles. The van der Waals surface area contributed by atoms with Crippen LogP contribution in [0, 0.1) is 5.82 Å². The van der Waals surface area contributed by atoms with Crippen LogP contribution < -0.4 is 10.6 Å². The maximum atomic E-state index is 12.8. The fraction of sp³-hybridized carbons (Fsp3) is 0.529. The molecule has 1 fully saturated rings. The molecule has 2 rings (SSSR count). The van der Waals surface area contributed by atoms with E-state index in [4.69, 9.17) is 0 Å². The van der Waals surface area contributed by atoms with E-state index in [1.807, 2.05) is 11.8 Å². The Labute approximate surface area is 142 Å². The van der Waals surface area contributed by atoms with Crippen molar-refractivity contribution in [1.82, 2.24) is 20.4 Å². The summed E-state index contributed by atoms with van der Waals surface area (Å²) >= 11 is 0. The summed E-state index contributed by atoms with van der Waals surface area (Å²) in [6, 6.07) is 6.20. The highest BCUT2D eigenvalue weighted by atomic mass is 19.1. The molecule has 1 aliphatic rings. The molecule has 7 heteroatoms. The van der Waals surface area contributed by atoms with Crippen molar-refractivity contribution >= 4 is 11.9 Å². The number of carbonyl (C=O) groups is 2. The van der Waals surface area contributed by atoms with E-state index in [2.05, 4.69) is 10.6 Å². The molecule has 2 N–H and O–H groups in total. The summed E-state index contributed by atoms with van der Waals surface area (Å²) in [5, 5.41) is 5.66. The fourth-order valence-corrected chi connectivity index (χ4v) is 2.64. The lowest BCUT2D eigenvalue weighted by Crippen LogP contribution is -2.53. The second kappa shape index (κ2) is 9.22. The normalized spacial score (nSPS) is 15.2. The van der Waals surface area contributed by atoms with Crippen molar-refractivity contribution in [3.05, 3.63) is 35.6 Å². The highest BCUT2D eigenvalue weighted by molar-refractivity contribution is 5.78. The largest absolute Gasteiger partial charge is 0.355 e. The third-order valence-corrected chi connectivity index (χ3v) is 4.00. The topological polar surface area (TPSA) is 64.7 Å². The van der Waals surface area contributed by atoms with Crippen LogP contribution >= 0.6 is 0 Å². The molecule has 132 valence electrons. The van der Waals surface area contributed by atoms with Gasteiger partial charge in [0.1, 0.15) is 5.82 Å². The van der Waals surface area contributed by atoms with Crippen molar-refractivity contribution < 1.29 is 14.0 Å². The maximum absolute atomic E-state index is 12.8. The lowest BCUT2D eigenvalue weighted by molar-refractivity contribution is -0.122. The average Bonchev–Trinajstić information content (AvgIpc) is 2.57. The molecule has 3 amide bonds. The van der Waals surface area contributed by atoms with Gasteiger partial charge in [0.05, 0.1) is 6.54 Å². The molecule has 1 saturated heterocycles. The molecule has 0 bridgehead atoms. The van der Waals surface area contributed by atoms with Gasteiger partial charge in [-0.25, -0.2) is 9.18 Å². The predicted molar refractivity (Wildman–Crippen MR) is 90.2 cm³/mol. The van der Waals surface area contributed by atoms with Crippen LogP contribution in [0.2, 0.25) is 0 Å². The number of hydrogen-bond donors (Lipinski definition) is 2. The van der Waals surface area contributed by atoms with Crippen LogP contribution in [-0.4, -0.2) is 67.6 Å². The van der Waals surface area contributed by atoms with Crippen LogP contribution in [0.3, 0.4) is 0 Å². The zero-order chi connectivity index (χ0) is 17.4. The maximum Gasteiger partial charge on any atom is 0.317 e. The lowest BCUT2D eigenvalue weighted by Gasteiger charge is -2.34. The molecular formula is C17H25FN4O2. The Kier molecular flexibility index (Phi) is 6.99. The van der Waals surface area contributed by atoms with E-state index in [1.165, 1.54) is 12.1 Å². The highest BCUT2D eigenvalue weighted by Gasteiger charge is 2.21. The van der Waals surface area contributed by atoms with Gasteiger partial charge in [0.2, 0.25) is 5.91 Å². The van der Waals surface area contributed by atoms with Crippen LogP contribution in [0.5, 0.6) is 0 Å². The van der Waals surface area contributed by atoms with E-state index in [9.17, 15) is 14.0 Å². The van der Waals surface area contributed by atoms with Crippen molar-refractivity contribution in [2.75, 3.05) is 45.8 Å². The first kappa shape index (κ1) is 18.2. The third-order valence-electron chi connectivity index (χ3n) is 4.00. The minimum Gasteiger partial charge on any atom is -0.355 e. The Hall–Kier alpha value is -2.15. The summed E-state index contributed by atoms with van der Waals surface area (Å²) in [5.41, 5.74) is 0.989. The Morgan fingerprint density at radius 3 is 2.38 bits per heavy atom. The van der Waals surface area contributed by atoms with Crippen molar-refractivity contribution in [1.29, 1.82) is 0 Å². The second-order valence-electron chi connectivity index (χ2n) is 5.83. The number of carbonyl (C=O) groups excluding carboxylic acids is 2. The fourth-order valence-electron chi connectivity index (χ4n) is 2.64. The Balaban J connectivity index is 1.65. The van der Waals surface area contributed by atoms with Gasteiger partial charge in [-0.15, -0.1) is 0 Å². The van der Waals surface area contributed by atoms with E-state index < -0.39 is 0 Å². The van der Waals surface area contributed by atoms with Gasteiger partial charge in [0.15, 0.2) is 0 Å². The zero-order valence-electron chi connectivity index (χ0n) is 14.1. The molecule has 0 radical (unpaired) electrons. The Bertz CT molecular complexity index is 542. The van der Waals surface area contributed by atoms with E-state index >= 15 is 0 Å². The number of hydrogen-bond acceptors (Lipinski definition) is 3. The summed E-state index contributed by atoms with van der Waals surface area (Å²) in [7, 11) is 0. The minimum atomic E-state index is -0.256. The lowest BCUT2D eigenvalue weighted by atomic mass is 10.1. The Morgan fingerprint density at radius 1 is 1.08 bits per heavy atom. The van der Waals surface area contributed by atoms with E-state index in [0.29, 0.717) is 52.2 Å². The molecule has 1 aliphatic heterocycles. The smallest absolute Gasteiger partial charge is 0.317 e. The van der Waals surface area contributed by atoms with Gasteiger partial charge >= 0.3 is 6.03 Å². The third kappa shape index (κ3) is 5.81. The minimum absolute atomic E-state index is 0.0229. The SMILES string of the molecule is CCNC(=O)CN1CCN(C(=O)NCCc2ccc(F)cc2)CC1. The summed E-state index contributed by atoms with van der Waals surface area (Å²) in [6.45, 7) is 6.05. The van der Waals surface area contributed by atoms with E-state index in [0.717, 1.165) is 5.56 Å². The van der Waals surface area contributed by atoms with E-state index in [1.54, 1.807) is 17.0 Å². The number of likely N-dealkylation sites (N-methyl/N-ethyl adjacent to an activating group) is 1. The van der Waals surface area contributed by atoms with E-state index in [-0.39, 0.29) is 17.8 Å². The first-order valence-electron chi connectivity index (χ1n) is 8.34. The van der Waals surface area contributed by atoms with Crippen LogP contribution in [0.15, 0.2) is 24.3 Å². The standard InChI is InChI=1S/C17H25FN4O2/c1-2-19-16(23)13-21-9-11-22(12-10-21)17(24)20-8-7-14-3-5-15(18)6-4-14/h3-6H,2,7-13H2,1H3,(H,19,23)(H,20,24). The molecule has 1 aromatic rings. The van der Waals surface area contributed by atoms with Gasteiger partial charge in [0, 0.05) is 39.3 Å². The molecule has 0 atom stereocenters. The molecular weight excluding hydrogens is 311 g/mol. The monoisotopic (exact) mass is 336 g/mol.